The fourth-order valence-electron chi connectivity index (χ4n) is 3.68. The Labute approximate surface area is 191 Å². The van der Waals surface area contributed by atoms with E-state index in [4.69, 9.17) is 21.3 Å². The van der Waals surface area contributed by atoms with Gasteiger partial charge in [-0.1, -0.05) is 77.5 Å². The first-order chi connectivity index (χ1) is 15.7. The average Bonchev–Trinajstić information content (AvgIpc) is 3.26. The molecule has 32 heavy (non-hydrogen) atoms. The number of aromatic nitrogens is 4. The van der Waals surface area contributed by atoms with Crippen LogP contribution in [-0.2, 0) is 24.5 Å². The smallest absolute Gasteiger partial charge is 0.108 e. The van der Waals surface area contributed by atoms with Crippen molar-refractivity contribution in [3.8, 4) is 11.3 Å². The van der Waals surface area contributed by atoms with Crippen molar-refractivity contribution in [1.82, 2.24) is 20.0 Å². The normalized spacial score (nSPS) is 11.2. The highest BCUT2D eigenvalue weighted by Crippen LogP contribution is 2.27. The zero-order chi connectivity index (χ0) is 21.8. The van der Waals surface area contributed by atoms with Crippen molar-refractivity contribution in [3.63, 3.8) is 0 Å². The molecule has 0 bridgehead atoms. The van der Waals surface area contributed by atoms with Gasteiger partial charge in [0.2, 0.25) is 0 Å². The number of rotatable bonds is 7. The molecule has 3 aromatic carbocycles. The highest BCUT2D eigenvalue weighted by Gasteiger charge is 2.09. The minimum Gasteiger partial charge on any atom is -0.370 e. The van der Waals surface area contributed by atoms with E-state index in [0.29, 0.717) is 24.8 Å². The second-order valence-corrected chi connectivity index (χ2v) is 8.02. The lowest BCUT2D eigenvalue weighted by Gasteiger charge is -2.10. The van der Waals surface area contributed by atoms with E-state index in [1.165, 1.54) is 5.56 Å². The molecular weight excluding hydrogens is 420 g/mol. The van der Waals surface area contributed by atoms with Gasteiger partial charge in [0.15, 0.2) is 0 Å². The van der Waals surface area contributed by atoms with Crippen LogP contribution in [-0.4, -0.2) is 20.0 Å². The highest BCUT2D eigenvalue weighted by molar-refractivity contribution is 6.30. The van der Waals surface area contributed by atoms with E-state index in [1.54, 1.807) is 0 Å². The number of pyridine rings is 1. The summed E-state index contributed by atoms with van der Waals surface area (Å²) in [5.74, 6) is 0. The van der Waals surface area contributed by atoms with Crippen LogP contribution in [0.4, 0.5) is 0 Å². The first-order valence-electron chi connectivity index (χ1n) is 10.4. The van der Waals surface area contributed by atoms with Gasteiger partial charge in [-0.2, -0.15) is 0 Å². The van der Waals surface area contributed by atoms with Crippen LogP contribution in [0, 0.1) is 0 Å². The zero-order valence-corrected chi connectivity index (χ0v) is 18.1. The van der Waals surface area contributed by atoms with Crippen molar-refractivity contribution in [2.45, 2.75) is 19.8 Å². The van der Waals surface area contributed by atoms with Crippen LogP contribution in [0.1, 0.15) is 16.8 Å². The van der Waals surface area contributed by atoms with Crippen molar-refractivity contribution >= 4 is 22.5 Å². The number of halogens is 1. The molecule has 5 aromatic rings. The molecule has 6 heteroatoms. The van der Waals surface area contributed by atoms with Gasteiger partial charge in [-0.05, 0) is 35.4 Å². The Kier molecular flexibility index (Phi) is 5.92. The number of fused-ring (bicyclic) bond motifs is 1. The maximum absolute atomic E-state index is 6.19. The molecule has 0 N–H and O–H groups in total. The van der Waals surface area contributed by atoms with E-state index in [9.17, 15) is 0 Å². The van der Waals surface area contributed by atoms with Crippen LogP contribution in [0.3, 0.4) is 0 Å². The third kappa shape index (κ3) is 4.69. The molecule has 0 unspecified atom stereocenters. The van der Waals surface area contributed by atoms with Crippen LogP contribution in [0.2, 0.25) is 5.02 Å². The van der Waals surface area contributed by atoms with E-state index in [2.05, 4.69) is 34.6 Å². The highest BCUT2D eigenvalue weighted by atomic mass is 35.5. The minimum atomic E-state index is 0.387. The molecular formula is C26H21ClN4O. The van der Waals surface area contributed by atoms with Gasteiger partial charge in [0, 0.05) is 16.0 Å². The van der Waals surface area contributed by atoms with E-state index in [1.807, 2.05) is 71.5 Å². The molecule has 5 nitrogen and oxygen atoms in total. The number of benzene rings is 3. The number of hydrogen-bond acceptors (Lipinski definition) is 4. The van der Waals surface area contributed by atoms with Crippen LogP contribution >= 0.6 is 11.6 Å². The van der Waals surface area contributed by atoms with E-state index >= 15 is 0 Å². The molecule has 0 fully saturated rings. The molecule has 2 aromatic heterocycles. The summed E-state index contributed by atoms with van der Waals surface area (Å²) in [4.78, 5) is 4.82. The summed E-state index contributed by atoms with van der Waals surface area (Å²) in [6, 6.07) is 28.1. The maximum atomic E-state index is 6.19. The number of ether oxygens (including phenoxy) is 1. The van der Waals surface area contributed by atoms with Gasteiger partial charge in [0.25, 0.3) is 0 Å². The van der Waals surface area contributed by atoms with Crippen molar-refractivity contribution in [3.05, 3.63) is 113 Å². The molecule has 0 aliphatic rings. The third-order valence-corrected chi connectivity index (χ3v) is 5.44. The minimum absolute atomic E-state index is 0.387. The SMILES string of the molecule is Clc1cccc(-c2cc(COCc3cn(Cc4ccccc4)nn3)c3ccccc3n2)c1. The van der Waals surface area contributed by atoms with E-state index in [-0.39, 0.29) is 0 Å². The van der Waals surface area contributed by atoms with Crippen LogP contribution in [0.25, 0.3) is 22.2 Å². The Morgan fingerprint density at radius 1 is 0.844 bits per heavy atom. The Bertz CT molecular complexity index is 1350. The average molecular weight is 441 g/mol. The van der Waals surface area contributed by atoms with Crippen LogP contribution in [0.15, 0.2) is 91.1 Å². The van der Waals surface area contributed by atoms with Crippen LogP contribution in [0.5, 0.6) is 0 Å². The van der Waals surface area contributed by atoms with Crippen molar-refractivity contribution in [2.24, 2.45) is 0 Å². The lowest BCUT2D eigenvalue weighted by atomic mass is 10.0. The lowest BCUT2D eigenvalue weighted by molar-refractivity contribution is 0.105. The summed E-state index contributed by atoms with van der Waals surface area (Å²) in [6.07, 6.45) is 1.93. The van der Waals surface area contributed by atoms with Gasteiger partial charge in [0.1, 0.15) is 5.69 Å². The standard InChI is InChI=1S/C26H21ClN4O/c27-22-10-6-9-20(13-22)26-14-21(24-11-4-5-12-25(24)28-26)17-32-18-23-16-31(30-29-23)15-19-7-2-1-3-8-19/h1-14,16H,15,17-18H2. The summed E-state index contributed by atoms with van der Waals surface area (Å²) in [5.41, 5.74) is 5.84. The van der Waals surface area contributed by atoms with Crippen molar-refractivity contribution in [2.75, 3.05) is 0 Å². The predicted octanol–water partition coefficient (Wildman–Crippen LogP) is 5.91. The van der Waals surface area contributed by atoms with Crippen molar-refractivity contribution in [1.29, 1.82) is 0 Å². The van der Waals surface area contributed by atoms with E-state index < -0.39 is 0 Å². The third-order valence-electron chi connectivity index (χ3n) is 5.20. The Morgan fingerprint density at radius 3 is 2.56 bits per heavy atom. The zero-order valence-electron chi connectivity index (χ0n) is 17.4. The van der Waals surface area contributed by atoms with E-state index in [0.717, 1.165) is 33.4 Å². The molecule has 0 saturated carbocycles. The van der Waals surface area contributed by atoms with Gasteiger partial charge in [0.05, 0.1) is 37.2 Å². The first kappa shape index (κ1) is 20.4. The molecule has 158 valence electrons. The van der Waals surface area contributed by atoms with Gasteiger partial charge in [-0.25, -0.2) is 9.67 Å². The molecule has 0 atom stereocenters. The lowest BCUT2D eigenvalue weighted by Crippen LogP contribution is -2.00. The molecule has 0 radical (unpaired) electrons. The molecule has 0 saturated heterocycles. The summed E-state index contributed by atoms with van der Waals surface area (Å²) in [6.45, 7) is 1.52. The van der Waals surface area contributed by atoms with Crippen molar-refractivity contribution < 1.29 is 4.74 Å². The largest absolute Gasteiger partial charge is 0.370 e. The number of nitrogens with zero attached hydrogens (tertiary/aromatic N) is 4. The molecule has 5 rings (SSSR count). The van der Waals surface area contributed by atoms with Gasteiger partial charge >= 0.3 is 0 Å². The summed E-state index contributed by atoms with van der Waals surface area (Å²) in [7, 11) is 0. The second-order valence-electron chi connectivity index (χ2n) is 7.58. The fourth-order valence-corrected chi connectivity index (χ4v) is 3.87. The van der Waals surface area contributed by atoms with Gasteiger partial charge in [-0.3, -0.25) is 0 Å². The Morgan fingerprint density at radius 2 is 1.69 bits per heavy atom. The number of para-hydroxylation sites is 1. The molecule has 2 heterocycles. The quantitative estimate of drug-likeness (QED) is 0.315. The molecule has 0 aliphatic carbocycles. The number of hydrogen-bond donors (Lipinski definition) is 0. The van der Waals surface area contributed by atoms with Crippen LogP contribution < -0.4 is 0 Å². The maximum Gasteiger partial charge on any atom is 0.108 e. The Hall–Kier alpha value is -3.54. The molecule has 0 amide bonds. The second kappa shape index (κ2) is 9.30. The molecule has 0 aliphatic heterocycles. The molecule has 0 spiro atoms. The Balaban J connectivity index is 1.32. The first-order valence-corrected chi connectivity index (χ1v) is 10.8. The van der Waals surface area contributed by atoms with Gasteiger partial charge < -0.3 is 4.74 Å². The van der Waals surface area contributed by atoms with Gasteiger partial charge in [-0.15, -0.1) is 5.10 Å². The topological polar surface area (TPSA) is 52.8 Å². The predicted molar refractivity (Wildman–Crippen MR) is 126 cm³/mol. The monoisotopic (exact) mass is 440 g/mol. The fraction of sp³-hybridized carbons (Fsp3) is 0.115. The summed E-state index contributed by atoms with van der Waals surface area (Å²) >= 11 is 6.19. The summed E-state index contributed by atoms with van der Waals surface area (Å²) in [5, 5.41) is 10.2. The summed E-state index contributed by atoms with van der Waals surface area (Å²) < 4.78 is 7.85.